The predicted octanol–water partition coefficient (Wildman–Crippen LogP) is 1.03. The Hall–Kier alpha value is -1.56. The highest BCUT2D eigenvalue weighted by molar-refractivity contribution is 5.63. The molecule has 0 spiro atoms. The lowest BCUT2D eigenvalue weighted by atomic mass is 10.4. The Labute approximate surface area is 108 Å². The van der Waals surface area contributed by atoms with E-state index >= 15 is 0 Å². The molecule has 6 heteroatoms. The molecule has 1 aliphatic carbocycles. The van der Waals surface area contributed by atoms with Gasteiger partial charge in [-0.2, -0.15) is 0 Å². The quantitative estimate of drug-likeness (QED) is 0.755. The van der Waals surface area contributed by atoms with Crippen molar-refractivity contribution in [3.8, 4) is 5.75 Å². The van der Waals surface area contributed by atoms with E-state index in [4.69, 9.17) is 4.74 Å². The summed E-state index contributed by atoms with van der Waals surface area (Å²) in [4.78, 5) is 10.7. The molecule has 2 N–H and O–H groups in total. The minimum Gasteiger partial charge on any atom is -0.490 e. The number of methoxy groups -OCH3 is 1. The van der Waals surface area contributed by atoms with Crippen LogP contribution in [-0.2, 0) is 0 Å². The van der Waals surface area contributed by atoms with Gasteiger partial charge in [-0.05, 0) is 19.9 Å². The molecule has 0 aliphatic heterocycles. The van der Waals surface area contributed by atoms with E-state index in [1.54, 1.807) is 7.11 Å². The Morgan fingerprint density at radius 1 is 1.39 bits per heavy atom. The second kappa shape index (κ2) is 5.86. The molecular weight excluding hydrogens is 230 g/mol. The van der Waals surface area contributed by atoms with Crippen LogP contribution in [0.25, 0.3) is 0 Å². The second-order valence-electron chi connectivity index (χ2n) is 4.49. The first-order valence-corrected chi connectivity index (χ1v) is 6.27. The molecule has 0 bridgehead atoms. The van der Waals surface area contributed by atoms with Gasteiger partial charge in [0.2, 0.25) is 5.75 Å². The van der Waals surface area contributed by atoms with Crippen molar-refractivity contribution >= 4 is 11.6 Å². The summed E-state index contributed by atoms with van der Waals surface area (Å²) in [6.45, 7) is 1.86. The largest absolute Gasteiger partial charge is 0.490 e. The number of anilines is 2. The van der Waals surface area contributed by atoms with Gasteiger partial charge in [0.1, 0.15) is 6.33 Å². The summed E-state index contributed by atoms with van der Waals surface area (Å²) < 4.78 is 5.32. The Kier molecular flexibility index (Phi) is 4.19. The number of hydrogen-bond acceptors (Lipinski definition) is 6. The Morgan fingerprint density at radius 2 is 2.11 bits per heavy atom. The molecule has 1 aromatic rings. The number of nitrogens with zero attached hydrogens (tertiary/aromatic N) is 3. The summed E-state index contributed by atoms with van der Waals surface area (Å²) in [7, 11) is 5.60. The van der Waals surface area contributed by atoms with Crippen molar-refractivity contribution in [3.63, 3.8) is 0 Å². The summed E-state index contributed by atoms with van der Waals surface area (Å²) in [6, 6.07) is 0.784. The predicted molar refractivity (Wildman–Crippen MR) is 72.3 cm³/mol. The van der Waals surface area contributed by atoms with Crippen LogP contribution >= 0.6 is 0 Å². The first kappa shape index (κ1) is 12.9. The van der Waals surface area contributed by atoms with Crippen LogP contribution in [0.3, 0.4) is 0 Å². The van der Waals surface area contributed by atoms with Crippen molar-refractivity contribution in [1.82, 2.24) is 14.9 Å². The minimum atomic E-state index is 0.661. The molecule has 0 saturated heterocycles. The highest BCUT2D eigenvalue weighted by Crippen LogP contribution is 2.28. The van der Waals surface area contributed by atoms with E-state index in [-0.39, 0.29) is 0 Å². The van der Waals surface area contributed by atoms with Crippen LogP contribution in [0.2, 0.25) is 0 Å². The minimum absolute atomic E-state index is 0.661. The van der Waals surface area contributed by atoms with E-state index in [0.717, 1.165) is 24.9 Å². The molecule has 0 atom stereocenters. The summed E-state index contributed by atoms with van der Waals surface area (Å²) in [5.41, 5.74) is 0. The summed E-state index contributed by atoms with van der Waals surface area (Å²) >= 11 is 0. The molecule has 1 aliphatic rings. The summed E-state index contributed by atoms with van der Waals surface area (Å²) in [6.07, 6.45) is 4.19. The van der Waals surface area contributed by atoms with E-state index in [1.807, 2.05) is 7.05 Å². The Balaban J connectivity index is 1.91. The van der Waals surface area contributed by atoms with E-state index in [2.05, 4.69) is 32.5 Å². The summed E-state index contributed by atoms with van der Waals surface area (Å²) in [5.74, 6) is 2.10. The van der Waals surface area contributed by atoms with Crippen LogP contribution in [0.5, 0.6) is 5.75 Å². The third-order valence-corrected chi connectivity index (χ3v) is 3.17. The van der Waals surface area contributed by atoms with Crippen molar-refractivity contribution in [2.75, 3.05) is 44.9 Å². The van der Waals surface area contributed by atoms with Gasteiger partial charge in [-0.25, -0.2) is 9.97 Å². The number of aromatic nitrogens is 2. The molecular formula is C12H21N5O. The molecule has 0 aromatic carbocycles. The number of rotatable bonds is 7. The van der Waals surface area contributed by atoms with Crippen LogP contribution in [-0.4, -0.2) is 55.2 Å². The van der Waals surface area contributed by atoms with Gasteiger partial charge in [-0.15, -0.1) is 0 Å². The normalized spacial score (nSPS) is 14.7. The fourth-order valence-corrected chi connectivity index (χ4v) is 1.92. The smallest absolute Gasteiger partial charge is 0.204 e. The van der Waals surface area contributed by atoms with Crippen molar-refractivity contribution in [2.45, 2.75) is 18.9 Å². The van der Waals surface area contributed by atoms with E-state index < -0.39 is 0 Å². The average molecular weight is 251 g/mol. The number of ether oxygens (including phenoxy) is 1. The molecule has 18 heavy (non-hydrogen) atoms. The zero-order chi connectivity index (χ0) is 13.0. The maximum absolute atomic E-state index is 5.32. The van der Waals surface area contributed by atoms with Crippen LogP contribution in [0.15, 0.2) is 6.33 Å². The number of nitrogens with one attached hydrogen (secondary N) is 2. The third kappa shape index (κ3) is 3.01. The van der Waals surface area contributed by atoms with Crippen molar-refractivity contribution in [3.05, 3.63) is 6.33 Å². The van der Waals surface area contributed by atoms with Gasteiger partial charge in [0.25, 0.3) is 0 Å². The molecule has 1 saturated carbocycles. The van der Waals surface area contributed by atoms with Gasteiger partial charge in [-0.3, -0.25) is 0 Å². The average Bonchev–Trinajstić information content (AvgIpc) is 3.22. The lowest BCUT2D eigenvalue weighted by molar-refractivity contribution is 0.336. The van der Waals surface area contributed by atoms with Crippen LogP contribution in [0, 0.1) is 0 Å². The molecule has 1 heterocycles. The first-order chi connectivity index (χ1) is 8.76. The fraction of sp³-hybridized carbons (Fsp3) is 0.667. The van der Waals surface area contributed by atoms with Gasteiger partial charge >= 0.3 is 0 Å². The van der Waals surface area contributed by atoms with Gasteiger partial charge in [0.15, 0.2) is 11.6 Å². The third-order valence-electron chi connectivity index (χ3n) is 3.17. The van der Waals surface area contributed by atoms with Gasteiger partial charge < -0.3 is 20.3 Å². The lowest BCUT2D eigenvalue weighted by Crippen LogP contribution is -2.27. The molecule has 0 unspecified atom stereocenters. The highest BCUT2D eigenvalue weighted by atomic mass is 16.5. The van der Waals surface area contributed by atoms with Crippen molar-refractivity contribution in [2.24, 2.45) is 0 Å². The molecule has 100 valence electrons. The van der Waals surface area contributed by atoms with Crippen molar-refractivity contribution in [1.29, 1.82) is 0 Å². The van der Waals surface area contributed by atoms with Crippen molar-refractivity contribution < 1.29 is 4.74 Å². The first-order valence-electron chi connectivity index (χ1n) is 6.27. The monoisotopic (exact) mass is 251 g/mol. The highest BCUT2D eigenvalue weighted by Gasteiger charge is 2.25. The Morgan fingerprint density at radius 3 is 2.72 bits per heavy atom. The Bertz CT molecular complexity index is 394. The summed E-state index contributed by atoms with van der Waals surface area (Å²) in [5, 5.41) is 6.28. The molecule has 1 aromatic heterocycles. The lowest BCUT2D eigenvalue weighted by Gasteiger charge is -2.17. The zero-order valence-electron chi connectivity index (χ0n) is 11.2. The fourth-order valence-electron chi connectivity index (χ4n) is 1.92. The van der Waals surface area contributed by atoms with Gasteiger partial charge in [0.05, 0.1) is 7.11 Å². The van der Waals surface area contributed by atoms with Gasteiger partial charge in [-0.1, -0.05) is 0 Å². The molecule has 0 radical (unpaired) electrons. The standard InChI is InChI=1S/C12H21N5O/c1-13-11-10(18-3)12(16-8-15-11)14-6-7-17(2)9-4-5-9/h8-9H,4-7H2,1-3H3,(H2,13,14,15,16). The zero-order valence-corrected chi connectivity index (χ0v) is 11.2. The van der Waals surface area contributed by atoms with E-state index in [0.29, 0.717) is 11.6 Å². The number of hydrogen-bond donors (Lipinski definition) is 2. The molecule has 2 rings (SSSR count). The topological polar surface area (TPSA) is 62.3 Å². The maximum atomic E-state index is 5.32. The van der Waals surface area contributed by atoms with Crippen LogP contribution in [0.4, 0.5) is 11.6 Å². The van der Waals surface area contributed by atoms with E-state index in [9.17, 15) is 0 Å². The molecule has 6 nitrogen and oxygen atoms in total. The second-order valence-corrected chi connectivity index (χ2v) is 4.49. The van der Waals surface area contributed by atoms with Crippen LogP contribution < -0.4 is 15.4 Å². The SMILES string of the molecule is CNc1ncnc(NCCN(C)C2CC2)c1OC. The van der Waals surface area contributed by atoms with E-state index in [1.165, 1.54) is 19.2 Å². The van der Waals surface area contributed by atoms with Crippen LogP contribution in [0.1, 0.15) is 12.8 Å². The molecule has 1 fully saturated rings. The van der Waals surface area contributed by atoms with Gasteiger partial charge in [0, 0.05) is 26.2 Å². The molecule has 0 amide bonds. The number of likely N-dealkylation sites (N-methyl/N-ethyl adjacent to an activating group) is 1. The maximum Gasteiger partial charge on any atom is 0.204 e.